The maximum Gasteiger partial charge on any atom is 0.294 e. The number of anilines is 1. The number of nitrogen functional groups attached to an aromatic ring is 1. The van der Waals surface area contributed by atoms with Crippen LogP contribution in [0.2, 0.25) is 0 Å². The van der Waals surface area contributed by atoms with E-state index in [1.165, 1.54) is 24.3 Å². The summed E-state index contributed by atoms with van der Waals surface area (Å²) in [6, 6.07) is 5.29. The maximum absolute atomic E-state index is 10.5. The molecule has 0 atom stereocenters. The normalized spacial score (nSPS) is 10.4. The fourth-order valence-electron chi connectivity index (χ4n) is 0.640. The largest absolute Gasteiger partial charge is 0.399 e. The third kappa shape index (κ3) is 3.12. The standard InChI is InChI=1S/C6H7NO3S.Na/c7-5-1-3-6(4-2-5)11(8,9)10;/h1-4H,7H2,(H,8,9,10);. The van der Waals surface area contributed by atoms with Gasteiger partial charge in [-0.3, -0.25) is 4.55 Å². The maximum atomic E-state index is 10.5. The van der Waals surface area contributed by atoms with Crippen molar-refractivity contribution in [2.24, 2.45) is 0 Å². The Kier molecular flexibility index (Phi) is 4.22. The zero-order valence-corrected chi connectivity index (χ0v) is 9.38. The smallest absolute Gasteiger partial charge is 0.294 e. The number of benzene rings is 1. The molecule has 0 unspecified atom stereocenters. The topological polar surface area (TPSA) is 80.4 Å². The molecular weight excluding hydrogens is 189 g/mol. The van der Waals surface area contributed by atoms with Crippen LogP contribution < -0.4 is 5.73 Å². The summed E-state index contributed by atoms with van der Waals surface area (Å²) in [7, 11) is -4.08. The third-order valence-corrected chi connectivity index (χ3v) is 2.05. The van der Waals surface area contributed by atoms with Gasteiger partial charge in [-0.05, 0) is 24.3 Å². The summed E-state index contributed by atoms with van der Waals surface area (Å²) < 4.78 is 29.4. The second-order valence-electron chi connectivity index (χ2n) is 2.04. The van der Waals surface area contributed by atoms with Crippen LogP contribution in [-0.4, -0.2) is 42.5 Å². The van der Waals surface area contributed by atoms with Gasteiger partial charge in [-0.25, -0.2) is 0 Å². The second-order valence-corrected chi connectivity index (χ2v) is 3.47. The van der Waals surface area contributed by atoms with Crippen LogP contribution in [0, 0.1) is 0 Å². The second kappa shape index (κ2) is 4.25. The quantitative estimate of drug-likeness (QED) is 0.380. The summed E-state index contributed by atoms with van der Waals surface area (Å²) in [6.45, 7) is 0. The molecule has 0 saturated heterocycles. The molecule has 0 heterocycles. The predicted molar refractivity (Wildman–Crippen MR) is 46.4 cm³/mol. The van der Waals surface area contributed by atoms with Crippen LogP contribution in [0.15, 0.2) is 29.2 Å². The summed E-state index contributed by atoms with van der Waals surface area (Å²) in [5.74, 6) is 0. The summed E-state index contributed by atoms with van der Waals surface area (Å²) in [5, 5.41) is 0. The van der Waals surface area contributed by atoms with Gasteiger partial charge in [0.1, 0.15) is 0 Å². The molecule has 1 aromatic carbocycles. The van der Waals surface area contributed by atoms with Gasteiger partial charge in [-0.15, -0.1) is 0 Å². The minimum Gasteiger partial charge on any atom is -0.399 e. The van der Waals surface area contributed by atoms with Crippen molar-refractivity contribution in [1.29, 1.82) is 0 Å². The number of hydrogen-bond donors (Lipinski definition) is 2. The monoisotopic (exact) mass is 196 g/mol. The molecule has 0 aliphatic rings. The van der Waals surface area contributed by atoms with E-state index in [0.29, 0.717) is 5.69 Å². The summed E-state index contributed by atoms with van der Waals surface area (Å²) >= 11 is 0. The van der Waals surface area contributed by atoms with Gasteiger partial charge in [0.05, 0.1) is 4.90 Å². The zero-order valence-electron chi connectivity index (χ0n) is 6.56. The van der Waals surface area contributed by atoms with Crippen molar-refractivity contribution in [2.75, 3.05) is 5.73 Å². The first kappa shape index (κ1) is 11.9. The number of rotatable bonds is 1. The van der Waals surface area contributed by atoms with E-state index in [0.717, 1.165) is 0 Å². The molecule has 0 bridgehead atoms. The Morgan fingerprint density at radius 3 is 1.92 bits per heavy atom. The Bertz CT molecular complexity index is 346. The fraction of sp³-hybridized carbons (Fsp3) is 0. The molecule has 61 valence electrons. The van der Waals surface area contributed by atoms with Gasteiger partial charge in [-0.2, -0.15) is 8.42 Å². The molecule has 0 amide bonds. The van der Waals surface area contributed by atoms with Gasteiger partial charge in [0, 0.05) is 35.2 Å². The van der Waals surface area contributed by atoms with E-state index in [2.05, 4.69) is 0 Å². The Morgan fingerprint density at radius 2 is 1.58 bits per heavy atom. The van der Waals surface area contributed by atoms with E-state index in [9.17, 15) is 8.42 Å². The summed E-state index contributed by atoms with van der Waals surface area (Å²) in [6.07, 6.45) is 0. The zero-order chi connectivity index (χ0) is 8.48. The molecule has 12 heavy (non-hydrogen) atoms. The van der Waals surface area contributed by atoms with Crippen LogP contribution in [0.5, 0.6) is 0 Å². The molecule has 0 fully saturated rings. The van der Waals surface area contributed by atoms with E-state index in [1.807, 2.05) is 0 Å². The molecular formula is C6H7NNaO3S. The number of hydrogen-bond acceptors (Lipinski definition) is 3. The van der Waals surface area contributed by atoms with Crippen LogP contribution in [0.3, 0.4) is 0 Å². The molecule has 1 aromatic rings. The van der Waals surface area contributed by atoms with Crippen LogP contribution in [0.1, 0.15) is 0 Å². The van der Waals surface area contributed by atoms with Crippen molar-refractivity contribution in [2.45, 2.75) is 4.90 Å². The van der Waals surface area contributed by atoms with E-state index in [-0.39, 0.29) is 34.5 Å². The first-order valence-electron chi connectivity index (χ1n) is 2.83. The van der Waals surface area contributed by atoms with E-state index in [4.69, 9.17) is 10.3 Å². The van der Waals surface area contributed by atoms with E-state index < -0.39 is 10.1 Å². The Hall–Kier alpha value is -0.0700. The Labute approximate surface area is 92.8 Å². The van der Waals surface area contributed by atoms with Crippen molar-refractivity contribution in [3.8, 4) is 0 Å². The van der Waals surface area contributed by atoms with Gasteiger partial charge in [0.25, 0.3) is 10.1 Å². The minimum atomic E-state index is -4.08. The predicted octanol–water partition coefficient (Wildman–Crippen LogP) is 0.135. The van der Waals surface area contributed by atoms with Gasteiger partial charge >= 0.3 is 0 Å². The summed E-state index contributed by atoms with van der Waals surface area (Å²) in [5.41, 5.74) is 5.75. The van der Waals surface area contributed by atoms with Crippen LogP contribution in [-0.2, 0) is 10.1 Å². The molecule has 0 spiro atoms. The van der Waals surface area contributed by atoms with Crippen molar-refractivity contribution in [3.05, 3.63) is 24.3 Å². The van der Waals surface area contributed by atoms with E-state index >= 15 is 0 Å². The number of nitrogens with two attached hydrogens (primary N) is 1. The molecule has 0 aliphatic heterocycles. The molecule has 3 N–H and O–H groups in total. The van der Waals surface area contributed by atoms with Gasteiger partial charge in [-0.1, -0.05) is 0 Å². The average Bonchev–Trinajstić information content (AvgIpc) is 1.86. The van der Waals surface area contributed by atoms with Crippen molar-refractivity contribution < 1.29 is 13.0 Å². The van der Waals surface area contributed by atoms with Gasteiger partial charge in [0.2, 0.25) is 0 Å². The van der Waals surface area contributed by atoms with Crippen LogP contribution >= 0.6 is 0 Å². The van der Waals surface area contributed by atoms with Gasteiger partial charge in [0.15, 0.2) is 0 Å². The van der Waals surface area contributed by atoms with Crippen LogP contribution in [0.4, 0.5) is 5.69 Å². The molecule has 0 saturated carbocycles. The molecule has 6 heteroatoms. The Morgan fingerprint density at radius 1 is 1.17 bits per heavy atom. The van der Waals surface area contributed by atoms with Crippen LogP contribution in [0.25, 0.3) is 0 Å². The molecule has 1 rings (SSSR count). The Balaban J connectivity index is 0.00000121. The molecule has 0 aromatic heterocycles. The van der Waals surface area contributed by atoms with Crippen molar-refractivity contribution in [3.63, 3.8) is 0 Å². The average molecular weight is 196 g/mol. The summed E-state index contributed by atoms with van der Waals surface area (Å²) in [4.78, 5) is -0.147. The van der Waals surface area contributed by atoms with Crippen molar-refractivity contribution in [1.82, 2.24) is 0 Å². The molecule has 1 radical (unpaired) electrons. The van der Waals surface area contributed by atoms with Crippen molar-refractivity contribution >= 4 is 45.4 Å². The third-order valence-electron chi connectivity index (χ3n) is 1.18. The first-order valence-corrected chi connectivity index (χ1v) is 4.27. The minimum absolute atomic E-state index is 0. The van der Waals surface area contributed by atoms with Gasteiger partial charge < -0.3 is 5.73 Å². The SMILES string of the molecule is Nc1ccc(S(=O)(=O)O)cc1.[Na]. The first-order chi connectivity index (χ1) is 5.00. The van der Waals surface area contributed by atoms with E-state index in [1.54, 1.807) is 0 Å². The molecule has 0 aliphatic carbocycles. The molecule has 4 nitrogen and oxygen atoms in total. The fourth-order valence-corrected chi connectivity index (χ4v) is 1.12.